The second-order valence-electron chi connectivity index (χ2n) is 21.2. The Labute approximate surface area is 453 Å². The van der Waals surface area contributed by atoms with Gasteiger partial charge >= 0.3 is 0 Å². The third-order valence-corrected chi connectivity index (χ3v) is 26.9. The van der Waals surface area contributed by atoms with E-state index in [1.165, 1.54) is 103 Å². The number of nitrogens with zero attached hydrogens (tertiary/aromatic N) is 1. The van der Waals surface area contributed by atoms with Crippen molar-refractivity contribution in [3.8, 4) is 44.5 Å². The largest absolute Gasteiger partial charge is 0.310 e. The first-order chi connectivity index (χ1) is 38.1. The number of benzene rings is 12. The van der Waals surface area contributed by atoms with E-state index in [4.69, 9.17) is 0 Å². The molecule has 3 aliphatic rings. The van der Waals surface area contributed by atoms with E-state index in [-0.39, 0.29) is 0 Å². The first-order valence-electron chi connectivity index (χ1n) is 27.0. The molecule has 2 aliphatic heterocycles. The fourth-order valence-electron chi connectivity index (χ4n) is 14.2. The van der Waals surface area contributed by atoms with Gasteiger partial charge in [-0.3, -0.25) is 0 Å². The highest BCUT2D eigenvalue weighted by atomic mass is 28.3. The summed E-state index contributed by atoms with van der Waals surface area (Å²) in [5.41, 5.74) is 18.4. The number of anilines is 3. The van der Waals surface area contributed by atoms with Gasteiger partial charge in [-0.2, -0.15) is 0 Å². The maximum absolute atomic E-state index is 2.67. The molecular formula is C74H53NSi2. The van der Waals surface area contributed by atoms with Crippen LogP contribution in [0.25, 0.3) is 44.5 Å². The van der Waals surface area contributed by atoms with Crippen LogP contribution in [0.15, 0.2) is 303 Å². The third kappa shape index (κ3) is 6.58. The van der Waals surface area contributed by atoms with Crippen molar-refractivity contribution in [2.45, 2.75) is 12.0 Å². The maximum atomic E-state index is 2.55. The fraction of sp³-hybridized carbons (Fsp3) is 0.0270. The Morgan fingerprint density at radius 1 is 0.273 bits per heavy atom. The molecule has 0 radical (unpaired) electrons. The Balaban J connectivity index is 0.916. The van der Waals surface area contributed by atoms with Crippen molar-refractivity contribution >= 4 is 69.5 Å². The molecule has 12 aromatic carbocycles. The van der Waals surface area contributed by atoms with E-state index in [1.54, 1.807) is 0 Å². The Kier molecular flexibility index (Phi) is 10.4. The molecule has 0 saturated carbocycles. The third-order valence-electron chi connectivity index (χ3n) is 17.5. The Bertz CT molecular complexity index is 4110. The summed E-state index contributed by atoms with van der Waals surface area (Å²) < 4.78 is 0. The maximum Gasteiger partial charge on any atom is 0.180 e. The molecule has 0 spiro atoms. The van der Waals surface area contributed by atoms with E-state index in [1.807, 2.05) is 0 Å². The summed E-state index contributed by atoms with van der Waals surface area (Å²) in [7, 11) is -5.09. The topological polar surface area (TPSA) is 3.24 Å². The monoisotopic (exact) mass is 1010 g/mol. The lowest BCUT2D eigenvalue weighted by Crippen LogP contribution is -2.72. The highest BCUT2D eigenvalue weighted by Crippen LogP contribution is 2.57. The number of hydrogen-bond donors (Lipinski definition) is 0. The molecule has 77 heavy (non-hydrogen) atoms. The molecule has 0 fully saturated rings. The van der Waals surface area contributed by atoms with Crippen molar-refractivity contribution in [3.63, 3.8) is 0 Å². The predicted molar refractivity (Wildman–Crippen MR) is 329 cm³/mol. The van der Waals surface area contributed by atoms with Crippen molar-refractivity contribution in [1.29, 1.82) is 0 Å². The Hall–Kier alpha value is -9.13. The smallest absolute Gasteiger partial charge is 0.180 e. The van der Waals surface area contributed by atoms with Crippen LogP contribution in [0.4, 0.5) is 17.1 Å². The zero-order valence-electron chi connectivity index (χ0n) is 42.8. The summed E-state index contributed by atoms with van der Waals surface area (Å²) in [6, 6.07) is 115. The molecule has 0 bridgehead atoms. The van der Waals surface area contributed by atoms with Crippen LogP contribution in [0.3, 0.4) is 0 Å². The summed E-state index contributed by atoms with van der Waals surface area (Å²) in [6.07, 6.45) is 0. The number of hydrogen-bond acceptors (Lipinski definition) is 1. The van der Waals surface area contributed by atoms with Gasteiger partial charge in [0.2, 0.25) is 0 Å². The summed E-state index contributed by atoms with van der Waals surface area (Å²) in [5.74, 6) is 0. The van der Waals surface area contributed by atoms with E-state index >= 15 is 0 Å². The minimum Gasteiger partial charge on any atom is -0.310 e. The quantitative estimate of drug-likeness (QED) is 0.130. The van der Waals surface area contributed by atoms with Crippen LogP contribution in [0.1, 0.15) is 22.3 Å². The molecule has 1 aliphatic carbocycles. The second-order valence-corrected chi connectivity index (χ2v) is 28.8. The first kappa shape index (κ1) is 45.3. The van der Waals surface area contributed by atoms with Gasteiger partial charge in [-0.25, -0.2) is 0 Å². The molecule has 2 heterocycles. The van der Waals surface area contributed by atoms with Crippen LogP contribution in [-0.2, 0) is 5.41 Å². The standard InChI is InChI=1S/C74H53NSi2/c1-76(70-39-17-12-34-64(70)65-35-13-18-40-71(65)76)60-31-22-28-57(50-60)75(58-47-48-63-62-33-11-16-38-68(62)74(69(63)51-58,54-24-5-2-6-25-54)55-26-7-3-8-27-55)56-45-43-52(44-46-56)53-23-21-32-61(49-53)77(59-29-9-4-10-30-59)72-41-19-14-36-66(72)67-37-15-20-42-73(67)77/h2-51H,1H3. The molecule has 0 atom stereocenters. The summed E-state index contributed by atoms with van der Waals surface area (Å²) in [4.78, 5) is 2.52. The van der Waals surface area contributed by atoms with Gasteiger partial charge in [0.15, 0.2) is 8.07 Å². The van der Waals surface area contributed by atoms with E-state index in [0.29, 0.717) is 0 Å². The number of fused-ring (bicyclic) bond motifs is 9. The lowest BCUT2D eigenvalue weighted by Gasteiger charge is -2.35. The molecule has 1 nitrogen and oxygen atoms in total. The molecule has 0 unspecified atom stereocenters. The second kappa shape index (κ2) is 17.7. The van der Waals surface area contributed by atoms with Crippen molar-refractivity contribution in [2.75, 3.05) is 4.90 Å². The van der Waals surface area contributed by atoms with Crippen molar-refractivity contribution in [1.82, 2.24) is 0 Å². The summed E-state index contributed by atoms with van der Waals surface area (Å²) >= 11 is 0. The lowest BCUT2D eigenvalue weighted by molar-refractivity contribution is 0.768. The minimum absolute atomic E-state index is 0.536. The molecule has 15 rings (SSSR count). The summed E-state index contributed by atoms with van der Waals surface area (Å²) in [6.45, 7) is 2.55. The van der Waals surface area contributed by atoms with Gasteiger partial charge in [-0.05, 0) is 139 Å². The minimum atomic E-state index is -2.67. The zero-order chi connectivity index (χ0) is 51.1. The Morgan fingerprint density at radius 2 is 0.714 bits per heavy atom. The van der Waals surface area contributed by atoms with E-state index in [9.17, 15) is 0 Å². The predicted octanol–water partition coefficient (Wildman–Crippen LogP) is 13.6. The first-order valence-corrected chi connectivity index (χ1v) is 31.5. The van der Waals surface area contributed by atoms with Gasteiger partial charge in [-0.15, -0.1) is 0 Å². The van der Waals surface area contributed by atoms with Gasteiger partial charge in [0.25, 0.3) is 0 Å². The molecule has 12 aromatic rings. The van der Waals surface area contributed by atoms with Gasteiger partial charge in [-0.1, -0.05) is 273 Å². The molecular weight excluding hydrogens is 959 g/mol. The van der Waals surface area contributed by atoms with Crippen LogP contribution < -0.4 is 41.2 Å². The van der Waals surface area contributed by atoms with Gasteiger partial charge in [0.1, 0.15) is 8.07 Å². The van der Waals surface area contributed by atoms with Crippen LogP contribution in [-0.4, -0.2) is 16.1 Å². The van der Waals surface area contributed by atoms with Crippen molar-refractivity contribution in [3.05, 3.63) is 326 Å². The van der Waals surface area contributed by atoms with E-state index in [2.05, 4.69) is 315 Å². The van der Waals surface area contributed by atoms with E-state index < -0.39 is 21.6 Å². The zero-order valence-corrected chi connectivity index (χ0v) is 44.8. The van der Waals surface area contributed by atoms with Crippen LogP contribution >= 0.6 is 0 Å². The van der Waals surface area contributed by atoms with Gasteiger partial charge in [0, 0.05) is 17.1 Å². The number of rotatable bonds is 9. The highest BCUT2D eigenvalue weighted by Gasteiger charge is 2.49. The highest BCUT2D eigenvalue weighted by molar-refractivity contribution is 7.22. The van der Waals surface area contributed by atoms with Gasteiger partial charge < -0.3 is 4.90 Å². The lowest BCUT2D eigenvalue weighted by atomic mass is 9.67. The van der Waals surface area contributed by atoms with Gasteiger partial charge in [0.05, 0.1) is 5.41 Å². The molecule has 0 amide bonds. The van der Waals surface area contributed by atoms with Crippen molar-refractivity contribution < 1.29 is 0 Å². The van der Waals surface area contributed by atoms with Crippen LogP contribution in [0.5, 0.6) is 0 Å². The van der Waals surface area contributed by atoms with Crippen LogP contribution in [0.2, 0.25) is 6.55 Å². The fourth-order valence-corrected chi connectivity index (χ4v) is 23.6. The molecule has 0 aromatic heterocycles. The molecule has 362 valence electrons. The molecule has 0 N–H and O–H groups in total. The molecule has 3 heteroatoms. The average molecular weight is 1010 g/mol. The SMILES string of the molecule is C[Si]1(c2cccc(N(c3ccc(-c4cccc([Si]5(c6ccccc6)c6ccccc6-c6ccccc65)c4)cc3)c3ccc4c(c3)C(c3ccccc3)(c3ccccc3)c3ccccc3-4)c2)c2ccccc2-c2ccccc21. The normalized spacial score (nSPS) is 14.4. The molecule has 0 saturated heterocycles. The Morgan fingerprint density at radius 3 is 1.32 bits per heavy atom. The summed E-state index contributed by atoms with van der Waals surface area (Å²) in [5, 5.41) is 10.1. The van der Waals surface area contributed by atoms with E-state index in [0.717, 1.165) is 17.1 Å². The average Bonchev–Trinajstić information content (AvgIpc) is 4.27. The van der Waals surface area contributed by atoms with Crippen LogP contribution in [0, 0.1) is 0 Å². The van der Waals surface area contributed by atoms with Crippen molar-refractivity contribution in [2.24, 2.45) is 0 Å².